The molecule has 22 heavy (non-hydrogen) atoms. The summed E-state index contributed by atoms with van der Waals surface area (Å²) < 4.78 is 5.76. The predicted molar refractivity (Wildman–Crippen MR) is 86.1 cm³/mol. The lowest BCUT2D eigenvalue weighted by molar-refractivity contribution is -0.126. The van der Waals surface area contributed by atoms with Gasteiger partial charge in [-0.05, 0) is 61.8 Å². The molecule has 1 aliphatic heterocycles. The minimum absolute atomic E-state index is 0.295. The first kappa shape index (κ1) is 14.1. The normalized spacial score (nSPS) is 32.9. The van der Waals surface area contributed by atoms with Crippen molar-refractivity contribution in [1.82, 2.24) is 4.90 Å². The molecule has 1 saturated carbocycles. The van der Waals surface area contributed by atoms with Crippen LogP contribution in [0.1, 0.15) is 50.2 Å². The molecule has 0 radical (unpaired) electrons. The molecule has 2 fully saturated rings. The van der Waals surface area contributed by atoms with Crippen LogP contribution in [0.2, 0.25) is 0 Å². The Balaban J connectivity index is 1.82. The van der Waals surface area contributed by atoms with Gasteiger partial charge in [-0.15, -0.1) is 0 Å². The molecular formula is C19H25NO2. The molecule has 1 amide bonds. The van der Waals surface area contributed by atoms with E-state index in [1.165, 1.54) is 36.8 Å². The lowest BCUT2D eigenvalue weighted by atomic mass is 9.52. The molecule has 4 rings (SSSR count). The van der Waals surface area contributed by atoms with Gasteiger partial charge in [0.2, 0.25) is 6.41 Å². The first-order chi connectivity index (χ1) is 10.8. The van der Waals surface area contributed by atoms with Crippen LogP contribution in [-0.4, -0.2) is 30.5 Å². The van der Waals surface area contributed by atoms with Gasteiger partial charge in [-0.25, -0.2) is 0 Å². The third-order valence-corrected chi connectivity index (χ3v) is 6.30. The molecule has 1 aromatic carbocycles. The van der Waals surface area contributed by atoms with Gasteiger partial charge in [0.1, 0.15) is 5.75 Å². The molecule has 0 unspecified atom stereocenters. The van der Waals surface area contributed by atoms with Crippen LogP contribution in [0.15, 0.2) is 18.2 Å². The average molecular weight is 299 g/mol. The topological polar surface area (TPSA) is 29.5 Å². The lowest BCUT2D eigenvalue weighted by Crippen LogP contribution is -2.60. The fourth-order valence-electron chi connectivity index (χ4n) is 5.40. The minimum Gasteiger partial charge on any atom is -0.494 e. The molecule has 2 bridgehead atoms. The summed E-state index contributed by atoms with van der Waals surface area (Å²) in [5.41, 5.74) is 3.27. The van der Waals surface area contributed by atoms with Crippen LogP contribution in [0.4, 0.5) is 0 Å². The van der Waals surface area contributed by atoms with Crippen molar-refractivity contribution in [2.45, 2.75) is 56.9 Å². The number of rotatable bonds is 3. The maximum absolute atomic E-state index is 11.5. The number of piperidine rings is 1. The van der Waals surface area contributed by atoms with Crippen molar-refractivity contribution in [2.75, 3.05) is 13.2 Å². The van der Waals surface area contributed by atoms with Crippen molar-refractivity contribution in [3.8, 4) is 5.75 Å². The molecule has 0 aromatic heterocycles. The number of amides is 1. The van der Waals surface area contributed by atoms with E-state index >= 15 is 0 Å². The van der Waals surface area contributed by atoms with Gasteiger partial charge in [-0.3, -0.25) is 4.79 Å². The highest BCUT2D eigenvalue weighted by atomic mass is 16.5. The third-order valence-electron chi connectivity index (χ3n) is 6.30. The summed E-state index contributed by atoms with van der Waals surface area (Å²) in [6, 6.07) is 7.07. The Hall–Kier alpha value is -1.51. The molecule has 3 heteroatoms. The Morgan fingerprint density at radius 1 is 1.36 bits per heavy atom. The summed E-state index contributed by atoms with van der Waals surface area (Å²) in [5, 5.41) is 0. The summed E-state index contributed by atoms with van der Waals surface area (Å²) in [4.78, 5) is 13.6. The number of likely N-dealkylation sites (tertiary alicyclic amines) is 1. The van der Waals surface area contributed by atoms with Gasteiger partial charge < -0.3 is 9.64 Å². The number of carbonyl (C=O) groups is 1. The standard InChI is InChI=1S/C19H25NO2/c1-2-22-15-7-6-14-11-18-16-5-3-4-8-19(16,17(14)12-15)9-10-20(18)13-21/h6-7,12-13,16,18H,2-5,8-11H2,1H3/t16-,18+,19+/m0/s1. The number of carbonyl (C=O) groups excluding carboxylic acids is 1. The van der Waals surface area contributed by atoms with Crippen LogP contribution in [-0.2, 0) is 16.6 Å². The Morgan fingerprint density at radius 3 is 3.09 bits per heavy atom. The van der Waals surface area contributed by atoms with Gasteiger partial charge in [0.05, 0.1) is 6.61 Å². The Labute approximate surface area is 132 Å². The van der Waals surface area contributed by atoms with Gasteiger partial charge in [0, 0.05) is 18.0 Å². The first-order valence-electron chi connectivity index (χ1n) is 8.76. The van der Waals surface area contributed by atoms with Crippen molar-refractivity contribution in [3.05, 3.63) is 29.3 Å². The summed E-state index contributed by atoms with van der Waals surface area (Å²) in [5.74, 6) is 1.65. The van der Waals surface area contributed by atoms with Gasteiger partial charge in [-0.2, -0.15) is 0 Å². The van der Waals surface area contributed by atoms with Gasteiger partial charge >= 0.3 is 0 Å². The molecule has 118 valence electrons. The Bertz CT molecular complexity index is 585. The molecule has 3 atom stereocenters. The fourth-order valence-corrected chi connectivity index (χ4v) is 5.40. The van der Waals surface area contributed by atoms with Crippen LogP contribution < -0.4 is 4.74 Å². The zero-order chi connectivity index (χ0) is 15.2. The molecule has 0 spiro atoms. The van der Waals surface area contributed by atoms with Crippen molar-refractivity contribution in [2.24, 2.45) is 5.92 Å². The van der Waals surface area contributed by atoms with E-state index in [1.807, 2.05) is 6.92 Å². The number of hydrogen-bond acceptors (Lipinski definition) is 2. The van der Waals surface area contributed by atoms with Crippen LogP contribution in [0, 0.1) is 5.92 Å². The Kier molecular flexibility index (Phi) is 3.39. The van der Waals surface area contributed by atoms with Crippen molar-refractivity contribution in [1.29, 1.82) is 0 Å². The highest BCUT2D eigenvalue weighted by Gasteiger charge is 2.53. The number of ether oxygens (including phenoxy) is 1. The van der Waals surface area contributed by atoms with E-state index in [2.05, 4.69) is 23.1 Å². The largest absolute Gasteiger partial charge is 0.494 e. The zero-order valence-electron chi connectivity index (χ0n) is 13.4. The van der Waals surface area contributed by atoms with E-state index in [1.54, 1.807) is 0 Å². The van der Waals surface area contributed by atoms with E-state index < -0.39 is 0 Å². The summed E-state index contributed by atoms with van der Waals surface area (Å²) in [6.07, 6.45) is 8.42. The summed E-state index contributed by atoms with van der Waals surface area (Å²) in [6.45, 7) is 3.68. The number of nitrogens with zero attached hydrogens (tertiary/aromatic N) is 1. The highest BCUT2D eigenvalue weighted by molar-refractivity contribution is 5.52. The van der Waals surface area contributed by atoms with E-state index in [0.717, 1.165) is 38.2 Å². The van der Waals surface area contributed by atoms with Crippen LogP contribution in [0.25, 0.3) is 0 Å². The van der Waals surface area contributed by atoms with E-state index in [4.69, 9.17) is 4.74 Å². The Morgan fingerprint density at radius 2 is 2.27 bits per heavy atom. The highest BCUT2D eigenvalue weighted by Crippen LogP contribution is 2.55. The third kappa shape index (κ3) is 1.90. The maximum Gasteiger partial charge on any atom is 0.209 e. The molecule has 0 N–H and O–H groups in total. The number of hydrogen-bond donors (Lipinski definition) is 0. The average Bonchev–Trinajstić information content (AvgIpc) is 2.56. The van der Waals surface area contributed by atoms with E-state index in [0.29, 0.717) is 17.4 Å². The maximum atomic E-state index is 11.5. The van der Waals surface area contributed by atoms with Gasteiger partial charge in [-0.1, -0.05) is 18.9 Å². The monoisotopic (exact) mass is 299 g/mol. The molecule has 1 aromatic rings. The fraction of sp³-hybridized carbons (Fsp3) is 0.632. The summed E-state index contributed by atoms with van der Waals surface area (Å²) in [7, 11) is 0. The van der Waals surface area contributed by atoms with Crippen molar-refractivity contribution in [3.63, 3.8) is 0 Å². The number of benzene rings is 1. The quantitative estimate of drug-likeness (QED) is 0.802. The van der Waals surface area contributed by atoms with Gasteiger partial charge in [0.25, 0.3) is 0 Å². The van der Waals surface area contributed by atoms with Gasteiger partial charge in [0.15, 0.2) is 0 Å². The molecule has 3 nitrogen and oxygen atoms in total. The van der Waals surface area contributed by atoms with Crippen LogP contribution in [0.5, 0.6) is 5.75 Å². The SMILES string of the molecule is CCOc1ccc2c(c1)[C@@]13CCCC[C@H]1[C@@H](C2)N(C=O)CC3. The second-order valence-electron chi connectivity index (χ2n) is 7.13. The van der Waals surface area contributed by atoms with Crippen LogP contribution in [0.3, 0.4) is 0 Å². The molecular weight excluding hydrogens is 274 g/mol. The lowest BCUT2D eigenvalue weighted by Gasteiger charge is -2.58. The summed E-state index contributed by atoms with van der Waals surface area (Å²) >= 11 is 0. The minimum atomic E-state index is 0.295. The smallest absolute Gasteiger partial charge is 0.209 e. The van der Waals surface area contributed by atoms with Crippen molar-refractivity contribution >= 4 is 6.41 Å². The van der Waals surface area contributed by atoms with E-state index in [9.17, 15) is 4.79 Å². The van der Waals surface area contributed by atoms with E-state index in [-0.39, 0.29) is 0 Å². The second kappa shape index (κ2) is 5.29. The first-order valence-corrected chi connectivity index (χ1v) is 8.76. The molecule has 1 saturated heterocycles. The van der Waals surface area contributed by atoms with Crippen LogP contribution >= 0.6 is 0 Å². The molecule has 3 aliphatic rings. The molecule has 2 aliphatic carbocycles. The zero-order valence-corrected chi connectivity index (χ0v) is 13.4. The molecule has 1 heterocycles. The predicted octanol–water partition coefficient (Wildman–Crippen LogP) is 3.30. The second-order valence-corrected chi connectivity index (χ2v) is 7.13. The van der Waals surface area contributed by atoms with Crippen molar-refractivity contribution < 1.29 is 9.53 Å². The number of fused-ring (bicyclic) bond motifs is 1.